The Bertz CT molecular complexity index is 208. The molecule has 0 aromatic heterocycles. The number of alkyl halides is 1. The van der Waals surface area contributed by atoms with Crippen LogP contribution in [0.5, 0.6) is 0 Å². The fourth-order valence-corrected chi connectivity index (χ4v) is 1.26. The van der Waals surface area contributed by atoms with Crippen molar-refractivity contribution in [1.29, 1.82) is 0 Å². The van der Waals surface area contributed by atoms with Gasteiger partial charge >= 0.3 is 0 Å². The summed E-state index contributed by atoms with van der Waals surface area (Å²) in [7, 11) is 0. The van der Waals surface area contributed by atoms with E-state index in [1.165, 1.54) is 0 Å². The van der Waals surface area contributed by atoms with Gasteiger partial charge in [-0.1, -0.05) is 12.5 Å². The van der Waals surface area contributed by atoms with Crippen LogP contribution in [0.3, 0.4) is 0 Å². The lowest BCUT2D eigenvalue weighted by Crippen LogP contribution is -2.26. The highest BCUT2D eigenvalue weighted by Gasteiger charge is 2.30. The van der Waals surface area contributed by atoms with Gasteiger partial charge < -0.3 is 0 Å². The van der Waals surface area contributed by atoms with Crippen LogP contribution in [0.2, 0.25) is 0 Å². The van der Waals surface area contributed by atoms with E-state index < -0.39 is 0 Å². The van der Waals surface area contributed by atoms with Gasteiger partial charge in [-0.25, -0.2) is 0 Å². The van der Waals surface area contributed by atoms with Crippen molar-refractivity contribution in [3.05, 3.63) is 11.6 Å². The molecule has 62 valence electrons. The van der Waals surface area contributed by atoms with E-state index in [1.54, 1.807) is 6.08 Å². The van der Waals surface area contributed by atoms with Gasteiger partial charge in [-0.05, 0) is 19.4 Å². The molecule has 2 heteroatoms. The minimum Gasteiger partial charge on any atom is -0.295 e. The average molecular weight is 156 g/mol. The Labute approximate surface area is 66.3 Å². The molecule has 1 atom stereocenters. The lowest BCUT2D eigenvalue weighted by Gasteiger charge is -2.30. The van der Waals surface area contributed by atoms with Crippen molar-refractivity contribution in [3.63, 3.8) is 0 Å². The van der Waals surface area contributed by atoms with Gasteiger partial charge in [0.25, 0.3) is 0 Å². The fourth-order valence-electron chi connectivity index (χ4n) is 1.26. The first-order valence-electron chi connectivity index (χ1n) is 3.86. The second-order valence-electron chi connectivity index (χ2n) is 3.49. The number of carbonyl (C=O) groups is 1. The molecular weight excluding hydrogens is 143 g/mol. The monoisotopic (exact) mass is 156 g/mol. The highest BCUT2D eigenvalue weighted by atomic mass is 19.1. The van der Waals surface area contributed by atoms with Crippen molar-refractivity contribution in [1.82, 2.24) is 0 Å². The maximum atomic E-state index is 12.5. The summed E-state index contributed by atoms with van der Waals surface area (Å²) in [5, 5.41) is 0. The first kappa shape index (κ1) is 8.44. The third kappa shape index (κ3) is 1.50. The van der Waals surface area contributed by atoms with Gasteiger partial charge in [0.05, 0.1) is 6.67 Å². The molecule has 0 N–H and O–H groups in total. The van der Waals surface area contributed by atoms with Gasteiger partial charge in [0, 0.05) is 11.8 Å². The van der Waals surface area contributed by atoms with Gasteiger partial charge in [0.1, 0.15) is 0 Å². The van der Waals surface area contributed by atoms with E-state index in [0.29, 0.717) is 12.8 Å². The van der Waals surface area contributed by atoms with Crippen molar-refractivity contribution in [2.45, 2.75) is 26.7 Å². The zero-order valence-corrected chi connectivity index (χ0v) is 6.98. The maximum Gasteiger partial charge on any atom is 0.155 e. The summed E-state index contributed by atoms with van der Waals surface area (Å²) >= 11 is 0. The topological polar surface area (TPSA) is 17.1 Å². The van der Waals surface area contributed by atoms with Gasteiger partial charge in [-0.3, -0.25) is 9.18 Å². The third-order valence-corrected chi connectivity index (χ3v) is 2.55. The number of hydrogen-bond donors (Lipinski definition) is 0. The van der Waals surface area contributed by atoms with Gasteiger partial charge in [-0.2, -0.15) is 0 Å². The number of carbonyl (C=O) groups excluding carboxylic acids is 1. The Morgan fingerprint density at radius 3 is 2.82 bits per heavy atom. The zero-order chi connectivity index (χ0) is 8.48. The summed E-state index contributed by atoms with van der Waals surface area (Å²) < 4.78 is 12.5. The lowest BCUT2D eigenvalue weighted by atomic mass is 9.75. The second-order valence-corrected chi connectivity index (χ2v) is 3.49. The smallest absolute Gasteiger partial charge is 0.155 e. The van der Waals surface area contributed by atoms with Crippen molar-refractivity contribution < 1.29 is 9.18 Å². The Balaban J connectivity index is 2.87. The molecule has 0 saturated carbocycles. The van der Waals surface area contributed by atoms with Crippen molar-refractivity contribution in [3.8, 4) is 0 Å². The quantitative estimate of drug-likeness (QED) is 0.569. The van der Waals surface area contributed by atoms with E-state index >= 15 is 0 Å². The minimum absolute atomic E-state index is 0.133. The molecule has 0 fully saturated rings. The highest BCUT2D eigenvalue weighted by Crippen LogP contribution is 2.35. The van der Waals surface area contributed by atoms with Crippen molar-refractivity contribution in [2.24, 2.45) is 5.41 Å². The predicted molar refractivity (Wildman–Crippen MR) is 42.1 cm³/mol. The number of ketones is 1. The van der Waals surface area contributed by atoms with E-state index in [2.05, 4.69) is 0 Å². The lowest BCUT2D eigenvalue weighted by molar-refractivity contribution is -0.115. The van der Waals surface area contributed by atoms with Gasteiger partial charge in [0.15, 0.2) is 5.78 Å². The molecule has 1 aliphatic carbocycles. The van der Waals surface area contributed by atoms with E-state index in [1.807, 2.05) is 13.8 Å². The van der Waals surface area contributed by atoms with E-state index in [0.717, 1.165) is 5.57 Å². The SMILES string of the molecule is CC1=CC(=O)CCC1(C)CF. The Kier molecular flexibility index (Phi) is 2.12. The minimum atomic E-state index is -0.367. The highest BCUT2D eigenvalue weighted by molar-refractivity contribution is 5.91. The van der Waals surface area contributed by atoms with Crippen LogP contribution in [0.4, 0.5) is 4.39 Å². The van der Waals surface area contributed by atoms with Crippen LogP contribution in [0, 0.1) is 5.41 Å². The summed E-state index contributed by atoms with van der Waals surface area (Å²) in [6, 6.07) is 0. The van der Waals surface area contributed by atoms with Gasteiger partial charge in [0.2, 0.25) is 0 Å². The number of rotatable bonds is 1. The largest absolute Gasteiger partial charge is 0.295 e. The van der Waals surface area contributed by atoms with Crippen LogP contribution in [0.25, 0.3) is 0 Å². The summed E-state index contributed by atoms with van der Waals surface area (Å²) in [5.74, 6) is 0.133. The number of hydrogen-bond acceptors (Lipinski definition) is 1. The van der Waals surface area contributed by atoms with Crippen LogP contribution in [-0.4, -0.2) is 12.5 Å². The van der Waals surface area contributed by atoms with Crippen molar-refractivity contribution in [2.75, 3.05) is 6.67 Å². The molecule has 0 bridgehead atoms. The summed E-state index contributed by atoms with van der Waals surface area (Å²) in [5.41, 5.74) is 0.518. The molecule has 0 heterocycles. The average Bonchev–Trinajstić information content (AvgIpc) is 1.98. The van der Waals surface area contributed by atoms with E-state index in [4.69, 9.17) is 0 Å². The Morgan fingerprint density at radius 2 is 2.36 bits per heavy atom. The summed E-state index contributed by atoms with van der Waals surface area (Å²) in [6.45, 7) is 3.34. The second kappa shape index (κ2) is 2.76. The van der Waals surface area contributed by atoms with Crippen LogP contribution in [-0.2, 0) is 4.79 Å². The number of allylic oxidation sites excluding steroid dienone is 2. The molecule has 11 heavy (non-hydrogen) atoms. The molecule has 1 nitrogen and oxygen atoms in total. The normalized spacial score (nSPS) is 31.9. The molecule has 0 radical (unpaired) electrons. The van der Waals surface area contributed by atoms with Crippen LogP contribution in [0.15, 0.2) is 11.6 Å². The van der Waals surface area contributed by atoms with E-state index in [9.17, 15) is 9.18 Å². The summed E-state index contributed by atoms with van der Waals surface area (Å²) in [4.78, 5) is 10.9. The predicted octanol–water partition coefficient (Wildman–Crippen LogP) is 2.27. The van der Waals surface area contributed by atoms with Crippen LogP contribution < -0.4 is 0 Å². The molecule has 1 rings (SSSR count). The molecule has 1 aliphatic rings. The standard InChI is InChI=1S/C9H13FO/c1-7-5-8(11)3-4-9(7,2)6-10/h5H,3-4,6H2,1-2H3. The molecular formula is C9H13FO. The third-order valence-electron chi connectivity index (χ3n) is 2.55. The molecule has 0 spiro atoms. The Hall–Kier alpha value is -0.660. The molecule has 0 saturated heterocycles. The molecule has 0 amide bonds. The molecule has 1 unspecified atom stereocenters. The van der Waals surface area contributed by atoms with Crippen LogP contribution in [0.1, 0.15) is 26.7 Å². The maximum absolute atomic E-state index is 12.5. The molecule has 0 aliphatic heterocycles. The first-order chi connectivity index (χ1) is 5.08. The van der Waals surface area contributed by atoms with Crippen molar-refractivity contribution >= 4 is 5.78 Å². The molecule has 0 aromatic carbocycles. The van der Waals surface area contributed by atoms with E-state index in [-0.39, 0.29) is 17.9 Å². The zero-order valence-electron chi connectivity index (χ0n) is 6.98. The Morgan fingerprint density at radius 1 is 1.73 bits per heavy atom. The van der Waals surface area contributed by atoms with Crippen LogP contribution >= 0.6 is 0 Å². The fraction of sp³-hybridized carbons (Fsp3) is 0.667. The summed E-state index contributed by atoms with van der Waals surface area (Å²) in [6.07, 6.45) is 2.73. The molecule has 0 aromatic rings. The van der Waals surface area contributed by atoms with Gasteiger partial charge in [-0.15, -0.1) is 0 Å². The first-order valence-corrected chi connectivity index (χ1v) is 3.86. The number of halogens is 1.